The Labute approximate surface area is 88.5 Å². The highest BCUT2D eigenvalue weighted by atomic mass is 16.5. The molecule has 0 fully saturated rings. The van der Waals surface area contributed by atoms with Gasteiger partial charge < -0.3 is 4.74 Å². The van der Waals surface area contributed by atoms with Crippen LogP contribution in [-0.2, 0) is 4.79 Å². The minimum Gasteiger partial charge on any atom is -0.426 e. The third-order valence-electron chi connectivity index (χ3n) is 2.18. The van der Waals surface area contributed by atoms with Crippen LogP contribution >= 0.6 is 0 Å². The standard InChI is InChI=1S/C13H11O2/c1-2-13(14)15-12-9-5-7-10-6-3-4-8-11(10)12/h3-6,8-9H,2H2,1H3. The van der Waals surface area contributed by atoms with Gasteiger partial charge in [0.15, 0.2) is 0 Å². The van der Waals surface area contributed by atoms with E-state index < -0.39 is 0 Å². The molecular weight excluding hydrogens is 188 g/mol. The van der Waals surface area contributed by atoms with Crippen LogP contribution in [0.4, 0.5) is 0 Å². The summed E-state index contributed by atoms with van der Waals surface area (Å²) in [5.74, 6) is 0.391. The molecule has 2 nitrogen and oxygen atoms in total. The number of hydrogen-bond donors (Lipinski definition) is 0. The molecule has 0 saturated carbocycles. The Bertz CT molecular complexity index is 483. The predicted octanol–water partition coefficient (Wildman–Crippen LogP) is 2.96. The number of carbonyl (C=O) groups is 1. The maximum atomic E-state index is 11.2. The van der Waals surface area contributed by atoms with Gasteiger partial charge >= 0.3 is 5.97 Å². The molecule has 0 aliphatic heterocycles. The van der Waals surface area contributed by atoms with E-state index in [9.17, 15) is 4.79 Å². The lowest BCUT2D eigenvalue weighted by molar-refractivity contribution is -0.133. The Morgan fingerprint density at radius 2 is 2.13 bits per heavy atom. The lowest BCUT2D eigenvalue weighted by atomic mass is 10.1. The van der Waals surface area contributed by atoms with Gasteiger partial charge in [-0.1, -0.05) is 37.3 Å². The monoisotopic (exact) mass is 199 g/mol. The fourth-order valence-electron chi connectivity index (χ4n) is 1.40. The number of ether oxygens (including phenoxy) is 1. The predicted molar refractivity (Wildman–Crippen MR) is 58.7 cm³/mol. The summed E-state index contributed by atoms with van der Waals surface area (Å²) < 4.78 is 5.22. The lowest BCUT2D eigenvalue weighted by Gasteiger charge is -2.05. The van der Waals surface area contributed by atoms with Crippen molar-refractivity contribution in [2.75, 3.05) is 0 Å². The third-order valence-corrected chi connectivity index (χ3v) is 2.18. The van der Waals surface area contributed by atoms with E-state index in [4.69, 9.17) is 4.74 Å². The van der Waals surface area contributed by atoms with Crippen molar-refractivity contribution in [1.82, 2.24) is 0 Å². The van der Waals surface area contributed by atoms with E-state index in [1.165, 1.54) is 0 Å². The first-order valence-corrected chi connectivity index (χ1v) is 4.91. The van der Waals surface area contributed by atoms with Gasteiger partial charge in [0.2, 0.25) is 0 Å². The Morgan fingerprint density at radius 3 is 2.93 bits per heavy atom. The second-order valence-electron chi connectivity index (χ2n) is 3.22. The summed E-state index contributed by atoms with van der Waals surface area (Å²) in [6.45, 7) is 1.78. The van der Waals surface area contributed by atoms with Gasteiger partial charge in [-0.25, -0.2) is 0 Å². The highest BCUT2D eigenvalue weighted by molar-refractivity contribution is 5.89. The molecule has 2 heteroatoms. The minimum atomic E-state index is -0.216. The molecule has 0 unspecified atom stereocenters. The molecule has 0 aromatic heterocycles. The number of rotatable bonds is 2. The van der Waals surface area contributed by atoms with Crippen LogP contribution in [0, 0.1) is 6.07 Å². The molecule has 1 radical (unpaired) electrons. The van der Waals surface area contributed by atoms with Crippen molar-refractivity contribution in [2.24, 2.45) is 0 Å². The molecule has 0 N–H and O–H groups in total. The van der Waals surface area contributed by atoms with Crippen molar-refractivity contribution in [3.8, 4) is 5.75 Å². The molecule has 0 heterocycles. The zero-order valence-corrected chi connectivity index (χ0v) is 8.49. The normalized spacial score (nSPS) is 10.2. The molecular formula is C13H11O2. The molecule has 75 valence electrons. The van der Waals surface area contributed by atoms with Gasteiger partial charge in [-0.3, -0.25) is 4.79 Å². The van der Waals surface area contributed by atoms with Crippen LogP contribution in [0.25, 0.3) is 10.8 Å². The minimum absolute atomic E-state index is 0.216. The van der Waals surface area contributed by atoms with Gasteiger partial charge in [0.05, 0.1) is 0 Å². The quantitative estimate of drug-likeness (QED) is 0.549. The molecule has 0 spiro atoms. The van der Waals surface area contributed by atoms with Gasteiger partial charge in [0, 0.05) is 11.8 Å². The molecule has 2 rings (SSSR count). The van der Waals surface area contributed by atoms with Crippen LogP contribution in [0.3, 0.4) is 0 Å². The van der Waals surface area contributed by atoms with E-state index in [-0.39, 0.29) is 5.97 Å². The summed E-state index contributed by atoms with van der Waals surface area (Å²) in [5.41, 5.74) is 0. The Hall–Kier alpha value is -1.83. The first-order valence-electron chi connectivity index (χ1n) is 4.91. The molecule has 2 aromatic carbocycles. The topological polar surface area (TPSA) is 26.3 Å². The van der Waals surface area contributed by atoms with Crippen molar-refractivity contribution in [2.45, 2.75) is 13.3 Å². The van der Waals surface area contributed by atoms with Crippen LogP contribution in [0.5, 0.6) is 5.75 Å². The van der Waals surface area contributed by atoms with Crippen molar-refractivity contribution < 1.29 is 9.53 Å². The summed E-state index contributed by atoms with van der Waals surface area (Å²) >= 11 is 0. The van der Waals surface area contributed by atoms with Gasteiger partial charge in [-0.2, -0.15) is 0 Å². The summed E-state index contributed by atoms with van der Waals surface area (Å²) in [7, 11) is 0. The largest absolute Gasteiger partial charge is 0.426 e. The SMILES string of the molecule is CCC(=O)Oc1cc[c]c2ccccc12. The fraction of sp³-hybridized carbons (Fsp3) is 0.154. The van der Waals surface area contributed by atoms with Gasteiger partial charge in [-0.05, 0) is 17.5 Å². The summed E-state index contributed by atoms with van der Waals surface area (Å²) in [6, 6.07) is 14.3. The van der Waals surface area contributed by atoms with Gasteiger partial charge in [-0.15, -0.1) is 0 Å². The average molecular weight is 199 g/mol. The van der Waals surface area contributed by atoms with E-state index in [2.05, 4.69) is 6.07 Å². The van der Waals surface area contributed by atoms with E-state index in [0.29, 0.717) is 12.2 Å². The van der Waals surface area contributed by atoms with Crippen molar-refractivity contribution in [1.29, 1.82) is 0 Å². The molecule has 0 saturated heterocycles. The highest BCUT2D eigenvalue weighted by Crippen LogP contribution is 2.24. The number of carbonyl (C=O) groups excluding carboxylic acids is 1. The van der Waals surface area contributed by atoms with Crippen LogP contribution in [-0.4, -0.2) is 5.97 Å². The lowest BCUT2D eigenvalue weighted by Crippen LogP contribution is -2.05. The number of hydrogen-bond acceptors (Lipinski definition) is 2. The fourth-order valence-corrected chi connectivity index (χ4v) is 1.40. The second kappa shape index (κ2) is 4.13. The second-order valence-corrected chi connectivity index (χ2v) is 3.22. The summed E-state index contributed by atoms with van der Waals surface area (Å²) in [6.07, 6.45) is 0.382. The van der Waals surface area contributed by atoms with Crippen LogP contribution in [0.2, 0.25) is 0 Å². The van der Waals surface area contributed by atoms with Crippen molar-refractivity contribution in [3.05, 3.63) is 42.5 Å². The van der Waals surface area contributed by atoms with E-state index in [0.717, 1.165) is 10.8 Å². The first kappa shape index (κ1) is 9.71. The highest BCUT2D eigenvalue weighted by Gasteiger charge is 2.05. The molecule has 0 aliphatic rings. The zero-order chi connectivity index (χ0) is 10.7. The Balaban J connectivity index is 2.46. The third kappa shape index (κ3) is 1.99. The Kier molecular flexibility index (Phi) is 2.68. The van der Waals surface area contributed by atoms with Gasteiger partial charge in [0.1, 0.15) is 5.75 Å². The molecule has 15 heavy (non-hydrogen) atoms. The van der Waals surface area contributed by atoms with Crippen molar-refractivity contribution in [3.63, 3.8) is 0 Å². The summed E-state index contributed by atoms with van der Waals surface area (Å²) in [5, 5.41) is 1.88. The maximum absolute atomic E-state index is 11.2. The number of esters is 1. The van der Waals surface area contributed by atoms with Crippen molar-refractivity contribution >= 4 is 16.7 Å². The molecule has 0 aliphatic carbocycles. The van der Waals surface area contributed by atoms with Crippen LogP contribution < -0.4 is 4.74 Å². The Morgan fingerprint density at radius 1 is 1.33 bits per heavy atom. The van der Waals surface area contributed by atoms with E-state index in [1.807, 2.05) is 24.3 Å². The molecule has 0 bridgehead atoms. The molecule has 2 aromatic rings. The van der Waals surface area contributed by atoms with Crippen LogP contribution in [0.1, 0.15) is 13.3 Å². The average Bonchev–Trinajstić information content (AvgIpc) is 2.29. The van der Waals surface area contributed by atoms with E-state index >= 15 is 0 Å². The number of benzene rings is 2. The number of fused-ring (bicyclic) bond motifs is 1. The van der Waals surface area contributed by atoms with E-state index in [1.54, 1.807) is 19.1 Å². The summed E-state index contributed by atoms with van der Waals surface area (Å²) in [4.78, 5) is 11.2. The van der Waals surface area contributed by atoms with Crippen LogP contribution in [0.15, 0.2) is 36.4 Å². The molecule has 0 amide bonds. The smallest absolute Gasteiger partial charge is 0.310 e. The van der Waals surface area contributed by atoms with Gasteiger partial charge in [0.25, 0.3) is 0 Å². The first-order chi connectivity index (χ1) is 7.31. The molecule has 0 atom stereocenters. The zero-order valence-electron chi connectivity index (χ0n) is 8.49. The maximum Gasteiger partial charge on any atom is 0.310 e.